The van der Waals surface area contributed by atoms with Crippen LogP contribution in [-0.2, 0) is 21.4 Å². The third-order valence-electron chi connectivity index (χ3n) is 6.01. The van der Waals surface area contributed by atoms with Crippen molar-refractivity contribution in [3.05, 3.63) is 30.2 Å². The Morgan fingerprint density at radius 2 is 1.97 bits per heavy atom. The zero-order valence-electron chi connectivity index (χ0n) is 20.6. The largest absolute Gasteiger partial charge is 0.494 e. The van der Waals surface area contributed by atoms with Crippen molar-refractivity contribution in [3.8, 4) is 17.1 Å². The molecule has 1 saturated carbocycles. The molecule has 1 saturated heterocycles. The first kappa shape index (κ1) is 24.2. The maximum atomic E-state index is 12.7. The Hall–Kier alpha value is -4.55. The number of β-lactam (4-membered cyclic amide) rings is 1. The summed E-state index contributed by atoms with van der Waals surface area (Å²) >= 11 is 0. The number of anilines is 4. The number of nitrogens with zero attached hydrogens (tertiary/aromatic N) is 6. The van der Waals surface area contributed by atoms with Gasteiger partial charge >= 0.3 is 5.97 Å². The van der Waals surface area contributed by atoms with Crippen molar-refractivity contribution >= 4 is 40.7 Å². The minimum atomic E-state index is -0.683. The Balaban J connectivity index is 1.59. The smallest absolute Gasteiger partial charge is 0.361 e. The van der Waals surface area contributed by atoms with Gasteiger partial charge in [-0.3, -0.25) is 14.3 Å². The first-order valence-electron chi connectivity index (χ1n) is 11.9. The van der Waals surface area contributed by atoms with E-state index in [0.717, 1.165) is 12.8 Å². The van der Waals surface area contributed by atoms with E-state index in [0.29, 0.717) is 41.5 Å². The fourth-order valence-corrected chi connectivity index (χ4v) is 3.92. The molecule has 0 spiro atoms. The van der Waals surface area contributed by atoms with E-state index in [1.807, 2.05) is 0 Å². The van der Waals surface area contributed by atoms with E-state index in [2.05, 4.69) is 30.9 Å². The molecule has 0 atom stereocenters. The number of carbonyl (C=O) groups is 3. The van der Waals surface area contributed by atoms with Gasteiger partial charge in [0.25, 0.3) is 0 Å². The van der Waals surface area contributed by atoms with E-state index in [4.69, 9.17) is 9.47 Å². The highest BCUT2D eigenvalue weighted by Crippen LogP contribution is 2.42. The Morgan fingerprint density at radius 3 is 2.57 bits per heavy atom. The van der Waals surface area contributed by atoms with Gasteiger partial charge in [-0.05, 0) is 31.9 Å². The van der Waals surface area contributed by atoms with Gasteiger partial charge in [0.1, 0.15) is 6.33 Å². The summed E-state index contributed by atoms with van der Waals surface area (Å²) in [5, 5.41) is 18.3. The van der Waals surface area contributed by atoms with Crippen molar-refractivity contribution in [1.29, 1.82) is 0 Å². The lowest BCUT2D eigenvalue weighted by molar-refractivity contribution is -0.122. The highest BCUT2D eigenvalue weighted by atomic mass is 16.5. The molecule has 1 aliphatic carbocycles. The number of hydrogen-bond acceptors (Lipinski definition) is 10. The summed E-state index contributed by atoms with van der Waals surface area (Å²) in [5.74, 6) is 0.0835. The van der Waals surface area contributed by atoms with Crippen LogP contribution in [-0.4, -0.2) is 63.0 Å². The first-order chi connectivity index (χ1) is 17.9. The molecule has 3 heterocycles. The summed E-state index contributed by atoms with van der Waals surface area (Å²) < 4.78 is 12.4. The molecule has 2 amide bonds. The highest BCUT2D eigenvalue weighted by molar-refractivity contribution is 6.02. The Bertz CT molecular complexity index is 1380. The summed E-state index contributed by atoms with van der Waals surface area (Å²) in [5.41, 5.74) is 1.76. The van der Waals surface area contributed by atoms with E-state index in [9.17, 15) is 14.4 Å². The van der Waals surface area contributed by atoms with Gasteiger partial charge in [-0.2, -0.15) is 5.10 Å². The van der Waals surface area contributed by atoms with Crippen LogP contribution in [0.25, 0.3) is 11.4 Å². The zero-order valence-corrected chi connectivity index (χ0v) is 20.6. The lowest BCUT2D eigenvalue weighted by Gasteiger charge is -2.31. The summed E-state index contributed by atoms with van der Waals surface area (Å²) in [6.45, 7) is 2.40. The number of aromatic nitrogens is 5. The van der Waals surface area contributed by atoms with E-state index >= 15 is 0 Å². The van der Waals surface area contributed by atoms with Gasteiger partial charge in [0.15, 0.2) is 23.1 Å². The number of hydrogen-bond donors (Lipinski definition) is 2. The number of methoxy groups -OCH3 is 1. The first-order valence-corrected chi connectivity index (χ1v) is 11.9. The SMILES string of the molecule is CCOC(=O)c1nnc(NC(=O)C2CC2)cc1Nc1cc(N2CCC2=O)cc(-c2ncn(C)n2)c1OC. The second kappa shape index (κ2) is 9.84. The molecule has 2 aliphatic rings. The number of benzene rings is 1. The molecular weight excluding hydrogens is 480 g/mol. The average molecular weight is 507 g/mol. The van der Waals surface area contributed by atoms with Gasteiger partial charge in [-0.15, -0.1) is 10.2 Å². The molecule has 0 unspecified atom stereocenters. The molecule has 37 heavy (non-hydrogen) atoms. The zero-order chi connectivity index (χ0) is 26.1. The van der Waals surface area contributed by atoms with Crippen molar-refractivity contribution < 1.29 is 23.9 Å². The molecule has 13 heteroatoms. The molecule has 192 valence electrons. The number of carbonyl (C=O) groups excluding carboxylic acids is 3. The topological polar surface area (TPSA) is 153 Å². The van der Waals surface area contributed by atoms with Crippen molar-refractivity contribution in [1.82, 2.24) is 25.0 Å². The van der Waals surface area contributed by atoms with E-state index in [-0.39, 0.29) is 41.5 Å². The molecule has 13 nitrogen and oxygen atoms in total. The minimum Gasteiger partial charge on any atom is -0.494 e. The maximum absolute atomic E-state index is 12.7. The summed E-state index contributed by atoms with van der Waals surface area (Å²) in [6.07, 6.45) is 3.67. The number of ether oxygens (including phenoxy) is 2. The molecule has 3 aromatic rings. The van der Waals surface area contributed by atoms with Gasteiger partial charge in [0.05, 0.1) is 30.7 Å². The van der Waals surface area contributed by atoms with Crippen molar-refractivity contribution in [2.24, 2.45) is 13.0 Å². The van der Waals surface area contributed by atoms with Crippen LogP contribution < -0.4 is 20.3 Å². The van der Waals surface area contributed by atoms with Crippen LogP contribution in [0.3, 0.4) is 0 Å². The maximum Gasteiger partial charge on any atom is 0.361 e. The van der Waals surface area contributed by atoms with Crippen LogP contribution in [0.4, 0.5) is 22.9 Å². The quantitative estimate of drug-likeness (QED) is 0.326. The van der Waals surface area contributed by atoms with Gasteiger partial charge in [-0.1, -0.05) is 0 Å². The second-order valence-electron chi connectivity index (χ2n) is 8.71. The van der Waals surface area contributed by atoms with E-state index in [1.54, 1.807) is 42.0 Å². The molecule has 1 aliphatic heterocycles. The molecule has 1 aromatic carbocycles. The number of rotatable bonds is 9. The van der Waals surface area contributed by atoms with Crippen LogP contribution in [0, 0.1) is 5.92 Å². The standard InChI is InChI=1S/C24H26N8O5/c1-4-37-24(35)20-16(11-18(28-29-20)27-23(34)13-5-6-13)26-17-10-14(32-8-7-19(32)33)9-15(21(17)36-3)22-25-12-31(2)30-22/h9-13H,4-8H2,1-3H3,(H2,26,27,28,34). The van der Waals surface area contributed by atoms with Gasteiger partial charge in [-0.25, -0.2) is 9.78 Å². The van der Waals surface area contributed by atoms with E-state index < -0.39 is 5.97 Å². The Morgan fingerprint density at radius 1 is 1.16 bits per heavy atom. The van der Waals surface area contributed by atoms with Crippen LogP contribution in [0.15, 0.2) is 24.5 Å². The third kappa shape index (κ3) is 4.92. The van der Waals surface area contributed by atoms with Crippen LogP contribution in [0.2, 0.25) is 0 Å². The molecule has 0 bridgehead atoms. The molecule has 0 radical (unpaired) electrons. The molecule has 2 aromatic heterocycles. The fourth-order valence-electron chi connectivity index (χ4n) is 3.92. The van der Waals surface area contributed by atoms with Crippen LogP contribution in [0.1, 0.15) is 36.7 Å². The average Bonchev–Trinajstić information content (AvgIpc) is 3.63. The number of aryl methyl sites for hydroxylation is 1. The molecule has 2 N–H and O–H groups in total. The summed E-state index contributed by atoms with van der Waals surface area (Å²) in [6, 6.07) is 5.04. The lowest BCUT2D eigenvalue weighted by atomic mass is 10.1. The molecule has 2 fully saturated rings. The van der Waals surface area contributed by atoms with Crippen molar-refractivity contribution in [2.45, 2.75) is 26.2 Å². The second-order valence-corrected chi connectivity index (χ2v) is 8.71. The fraction of sp³-hybridized carbons (Fsp3) is 0.375. The lowest BCUT2D eigenvalue weighted by Crippen LogP contribution is -2.43. The molecular formula is C24H26N8O5. The molecule has 5 rings (SSSR count). The predicted molar refractivity (Wildman–Crippen MR) is 133 cm³/mol. The monoisotopic (exact) mass is 506 g/mol. The highest BCUT2D eigenvalue weighted by Gasteiger charge is 2.31. The number of nitrogens with one attached hydrogen (secondary N) is 2. The minimum absolute atomic E-state index is 0.0149. The van der Waals surface area contributed by atoms with Gasteiger partial charge < -0.3 is 25.0 Å². The van der Waals surface area contributed by atoms with Crippen LogP contribution >= 0.6 is 0 Å². The van der Waals surface area contributed by atoms with Crippen molar-refractivity contribution in [3.63, 3.8) is 0 Å². The number of amides is 2. The van der Waals surface area contributed by atoms with Gasteiger partial charge in [0.2, 0.25) is 11.8 Å². The Labute approximate surface area is 212 Å². The van der Waals surface area contributed by atoms with Gasteiger partial charge in [0, 0.05) is 37.7 Å². The normalized spacial score (nSPS) is 14.7. The third-order valence-corrected chi connectivity index (χ3v) is 6.01. The van der Waals surface area contributed by atoms with Crippen molar-refractivity contribution in [2.75, 3.05) is 35.8 Å². The number of esters is 1. The van der Waals surface area contributed by atoms with E-state index in [1.165, 1.54) is 13.2 Å². The van der Waals surface area contributed by atoms with Crippen LogP contribution in [0.5, 0.6) is 5.75 Å². The summed E-state index contributed by atoms with van der Waals surface area (Å²) in [7, 11) is 3.25. The Kier molecular flexibility index (Phi) is 6.42. The predicted octanol–water partition coefficient (Wildman–Crippen LogP) is 2.29. The summed E-state index contributed by atoms with van der Waals surface area (Å²) in [4.78, 5) is 43.2.